The quantitative estimate of drug-likeness (QED) is 0.849. The fourth-order valence-corrected chi connectivity index (χ4v) is 1.68. The molecule has 0 bridgehead atoms. The van der Waals surface area contributed by atoms with Gasteiger partial charge >= 0.3 is 0 Å². The van der Waals surface area contributed by atoms with Crippen LogP contribution in [0, 0.1) is 6.07 Å². The number of benzene rings is 2. The van der Waals surface area contributed by atoms with Crippen molar-refractivity contribution < 1.29 is 17.7 Å². The van der Waals surface area contributed by atoms with Crippen molar-refractivity contribution in [1.82, 2.24) is 0 Å². The van der Waals surface area contributed by atoms with Gasteiger partial charge in [0, 0.05) is 6.07 Å². The molecule has 2 aromatic rings. The van der Waals surface area contributed by atoms with E-state index in [4.69, 9.17) is 9.29 Å². The average molecular weight is 249 g/mol. The summed E-state index contributed by atoms with van der Waals surface area (Å²) < 4.78 is 35.8. The Balaban J connectivity index is 2.20. The van der Waals surface area contributed by atoms with Crippen molar-refractivity contribution >= 4 is 10.1 Å². The number of para-hydroxylation sites is 1. The van der Waals surface area contributed by atoms with Gasteiger partial charge in [-0.15, -0.1) is 0 Å². The Kier molecular flexibility index (Phi) is 3.12. The van der Waals surface area contributed by atoms with Crippen LogP contribution in [-0.4, -0.2) is 13.0 Å². The molecule has 0 atom stereocenters. The van der Waals surface area contributed by atoms with Crippen molar-refractivity contribution in [2.24, 2.45) is 0 Å². The first-order chi connectivity index (χ1) is 8.05. The first-order valence-corrected chi connectivity index (χ1v) is 6.22. The van der Waals surface area contributed by atoms with E-state index < -0.39 is 10.1 Å². The third-order valence-electron chi connectivity index (χ3n) is 2.02. The van der Waals surface area contributed by atoms with Crippen LogP contribution in [0.1, 0.15) is 0 Å². The molecule has 0 heterocycles. The molecule has 0 aliphatic carbocycles. The van der Waals surface area contributed by atoms with Crippen LogP contribution < -0.4 is 4.74 Å². The molecule has 4 nitrogen and oxygen atoms in total. The Bertz CT molecular complexity index is 588. The summed E-state index contributed by atoms with van der Waals surface area (Å²) in [5.74, 6) is 1.01. The summed E-state index contributed by atoms with van der Waals surface area (Å²) in [6, 6.07) is 15.5. The summed E-state index contributed by atoms with van der Waals surface area (Å²) >= 11 is 0. The van der Waals surface area contributed by atoms with E-state index in [-0.39, 0.29) is 4.90 Å². The van der Waals surface area contributed by atoms with Gasteiger partial charge < -0.3 is 4.74 Å². The molecule has 0 aromatic heterocycles. The van der Waals surface area contributed by atoms with E-state index in [1.165, 1.54) is 12.1 Å². The molecule has 17 heavy (non-hydrogen) atoms. The van der Waals surface area contributed by atoms with Crippen LogP contribution >= 0.6 is 0 Å². The van der Waals surface area contributed by atoms with Gasteiger partial charge in [0.05, 0.1) is 4.90 Å². The molecule has 87 valence electrons. The second-order valence-corrected chi connectivity index (χ2v) is 4.70. The molecule has 0 fully saturated rings. The second-order valence-electron chi connectivity index (χ2n) is 3.28. The summed E-state index contributed by atoms with van der Waals surface area (Å²) in [7, 11) is -4.18. The fourth-order valence-electron chi connectivity index (χ4n) is 1.24. The van der Waals surface area contributed by atoms with Gasteiger partial charge in [-0.3, -0.25) is 4.55 Å². The number of ether oxygens (including phenoxy) is 1. The van der Waals surface area contributed by atoms with Gasteiger partial charge in [0.15, 0.2) is 0 Å². The maximum Gasteiger partial charge on any atom is 0.294 e. The maximum absolute atomic E-state index is 10.8. The number of hydrogen-bond donors (Lipinski definition) is 1. The predicted octanol–water partition coefficient (Wildman–Crippen LogP) is 2.53. The number of rotatable bonds is 3. The molecule has 5 heteroatoms. The van der Waals surface area contributed by atoms with E-state index >= 15 is 0 Å². The van der Waals surface area contributed by atoms with E-state index in [1.807, 2.05) is 18.2 Å². The lowest BCUT2D eigenvalue weighted by Gasteiger charge is -2.04. The molecular weight excluding hydrogens is 240 g/mol. The zero-order valence-electron chi connectivity index (χ0n) is 8.70. The lowest BCUT2D eigenvalue weighted by atomic mass is 10.3. The first-order valence-electron chi connectivity index (χ1n) is 4.78. The highest BCUT2D eigenvalue weighted by molar-refractivity contribution is 7.85. The molecule has 0 aliphatic heterocycles. The van der Waals surface area contributed by atoms with Gasteiger partial charge in [0.25, 0.3) is 10.1 Å². The van der Waals surface area contributed by atoms with Crippen LogP contribution in [0.2, 0.25) is 0 Å². The molecule has 0 amide bonds. The van der Waals surface area contributed by atoms with Crippen molar-refractivity contribution in [3.05, 3.63) is 54.6 Å². The van der Waals surface area contributed by atoms with E-state index in [0.29, 0.717) is 11.5 Å². The second kappa shape index (κ2) is 4.57. The van der Waals surface area contributed by atoms with Gasteiger partial charge in [-0.25, -0.2) is 0 Å². The Labute approximate surface area is 99.2 Å². The third-order valence-corrected chi connectivity index (χ3v) is 2.87. The van der Waals surface area contributed by atoms with Crippen molar-refractivity contribution in [3.63, 3.8) is 0 Å². The van der Waals surface area contributed by atoms with E-state index in [0.717, 1.165) is 6.07 Å². The highest BCUT2D eigenvalue weighted by Crippen LogP contribution is 2.21. The van der Waals surface area contributed by atoms with Crippen molar-refractivity contribution in [2.45, 2.75) is 4.90 Å². The largest absolute Gasteiger partial charge is 0.457 e. The molecule has 0 aliphatic rings. The molecule has 1 N–H and O–H groups in total. The van der Waals surface area contributed by atoms with E-state index in [2.05, 4.69) is 6.07 Å². The van der Waals surface area contributed by atoms with Crippen molar-refractivity contribution in [1.29, 1.82) is 0 Å². The SMILES string of the molecule is O=S(=O)(O)c1c[c]c(Oc2ccccc2)cc1. The normalized spacial score (nSPS) is 11.1. The molecule has 2 aromatic carbocycles. The van der Waals surface area contributed by atoms with Crippen LogP contribution in [0.25, 0.3) is 0 Å². The summed E-state index contributed by atoms with van der Waals surface area (Å²) in [5.41, 5.74) is 0. The van der Waals surface area contributed by atoms with Gasteiger partial charge in [-0.2, -0.15) is 8.42 Å². The highest BCUT2D eigenvalue weighted by atomic mass is 32.2. The van der Waals surface area contributed by atoms with Crippen molar-refractivity contribution in [3.8, 4) is 11.5 Å². The van der Waals surface area contributed by atoms with Gasteiger partial charge in [0.2, 0.25) is 0 Å². The molecule has 0 spiro atoms. The minimum atomic E-state index is -4.18. The number of hydrogen-bond acceptors (Lipinski definition) is 3. The third kappa shape index (κ3) is 3.05. The summed E-state index contributed by atoms with van der Waals surface area (Å²) in [6.45, 7) is 0. The lowest BCUT2D eigenvalue weighted by molar-refractivity contribution is 0.477. The Morgan fingerprint density at radius 3 is 2.29 bits per heavy atom. The maximum atomic E-state index is 10.8. The minimum absolute atomic E-state index is 0.210. The predicted molar refractivity (Wildman–Crippen MR) is 61.6 cm³/mol. The fraction of sp³-hybridized carbons (Fsp3) is 0. The topological polar surface area (TPSA) is 63.6 Å². The highest BCUT2D eigenvalue weighted by Gasteiger charge is 2.09. The van der Waals surface area contributed by atoms with Crippen molar-refractivity contribution in [2.75, 3.05) is 0 Å². The zero-order chi connectivity index (χ0) is 12.3. The monoisotopic (exact) mass is 249 g/mol. The van der Waals surface area contributed by atoms with Crippen LogP contribution in [0.15, 0.2) is 53.4 Å². The average Bonchev–Trinajstić information content (AvgIpc) is 2.30. The van der Waals surface area contributed by atoms with Gasteiger partial charge in [-0.05, 0) is 30.3 Å². The molecule has 0 saturated heterocycles. The minimum Gasteiger partial charge on any atom is -0.457 e. The lowest BCUT2D eigenvalue weighted by Crippen LogP contribution is -1.97. The summed E-state index contributed by atoms with van der Waals surface area (Å²) in [4.78, 5) is -0.210. The summed E-state index contributed by atoms with van der Waals surface area (Å²) in [5, 5.41) is 0. The van der Waals surface area contributed by atoms with Crippen LogP contribution in [0.3, 0.4) is 0 Å². The summed E-state index contributed by atoms with van der Waals surface area (Å²) in [6.07, 6.45) is 0. The van der Waals surface area contributed by atoms with E-state index in [9.17, 15) is 8.42 Å². The van der Waals surface area contributed by atoms with Gasteiger partial charge in [0.1, 0.15) is 11.5 Å². The molecule has 0 saturated carbocycles. The van der Waals surface area contributed by atoms with Crippen LogP contribution in [0.4, 0.5) is 0 Å². The molecule has 0 unspecified atom stereocenters. The Morgan fingerprint density at radius 1 is 1.06 bits per heavy atom. The Morgan fingerprint density at radius 2 is 1.76 bits per heavy atom. The smallest absolute Gasteiger partial charge is 0.294 e. The standard InChI is InChI=1S/C12H9O4S/c13-17(14,15)12-8-6-11(7-9-12)16-10-4-2-1-3-5-10/h1-6,8-9H,(H,13,14,15). The van der Waals surface area contributed by atoms with Crippen LogP contribution in [0.5, 0.6) is 11.5 Å². The van der Waals surface area contributed by atoms with Gasteiger partial charge in [-0.1, -0.05) is 18.2 Å². The Hall–Kier alpha value is -1.85. The first kappa shape index (κ1) is 11.6. The molecular formula is C12H9O4S. The molecule has 2 rings (SSSR count). The zero-order valence-corrected chi connectivity index (χ0v) is 9.52. The van der Waals surface area contributed by atoms with E-state index in [1.54, 1.807) is 12.1 Å². The van der Waals surface area contributed by atoms with Crippen LogP contribution in [-0.2, 0) is 10.1 Å². The molecule has 1 radical (unpaired) electrons.